The minimum absolute atomic E-state index is 0.699. The summed E-state index contributed by atoms with van der Waals surface area (Å²) >= 11 is 3.54. The summed E-state index contributed by atoms with van der Waals surface area (Å²) in [5, 5.41) is 1.11. The zero-order valence-corrected chi connectivity index (χ0v) is 11.9. The van der Waals surface area contributed by atoms with Crippen LogP contribution in [0.3, 0.4) is 0 Å². The molecule has 0 bridgehead atoms. The van der Waals surface area contributed by atoms with Crippen LogP contribution in [0.25, 0.3) is 0 Å². The summed E-state index contributed by atoms with van der Waals surface area (Å²) in [4.78, 5) is 2.58. The number of alkyl halides is 1. The molecule has 0 aromatic rings. The molecule has 4 heteroatoms. The van der Waals surface area contributed by atoms with Crippen molar-refractivity contribution in [3.63, 3.8) is 0 Å². The van der Waals surface area contributed by atoms with Crippen molar-refractivity contribution in [2.75, 3.05) is 45.4 Å². The van der Waals surface area contributed by atoms with E-state index in [9.17, 15) is 0 Å². The van der Waals surface area contributed by atoms with Gasteiger partial charge in [-0.1, -0.05) is 22.4 Å². The number of halogens is 1. The first-order chi connectivity index (χ1) is 7.88. The van der Waals surface area contributed by atoms with Gasteiger partial charge >= 0.3 is 0 Å². The first-order valence-electron chi connectivity index (χ1n) is 6.25. The number of likely N-dealkylation sites (tertiary alicyclic amines) is 1. The lowest BCUT2D eigenvalue weighted by atomic mass is 10.0. The van der Waals surface area contributed by atoms with Crippen LogP contribution >= 0.6 is 15.9 Å². The normalized spacial score (nSPS) is 22.5. The summed E-state index contributed by atoms with van der Waals surface area (Å²) in [7, 11) is 1.71. The quantitative estimate of drug-likeness (QED) is 0.506. The Labute approximate surface area is 108 Å². The highest BCUT2D eigenvalue weighted by atomic mass is 79.9. The van der Waals surface area contributed by atoms with Gasteiger partial charge in [-0.15, -0.1) is 0 Å². The summed E-state index contributed by atoms with van der Waals surface area (Å²) in [6.45, 7) is 4.56. The van der Waals surface area contributed by atoms with Gasteiger partial charge in [0.05, 0.1) is 19.8 Å². The molecule has 1 rings (SSSR count). The largest absolute Gasteiger partial charge is 0.382 e. The average molecular weight is 294 g/mol. The van der Waals surface area contributed by atoms with Crippen molar-refractivity contribution in [3.8, 4) is 0 Å². The molecule has 16 heavy (non-hydrogen) atoms. The fourth-order valence-corrected chi connectivity index (χ4v) is 2.76. The molecule has 1 saturated heterocycles. The molecule has 96 valence electrons. The predicted octanol–water partition coefficient (Wildman–Crippen LogP) is 2.29. The van der Waals surface area contributed by atoms with Crippen LogP contribution in [0.15, 0.2) is 0 Å². The third-order valence-electron chi connectivity index (χ3n) is 3.15. The van der Waals surface area contributed by atoms with Crippen molar-refractivity contribution >= 4 is 15.9 Å². The molecule has 1 fully saturated rings. The topological polar surface area (TPSA) is 21.7 Å². The van der Waals surface area contributed by atoms with Crippen LogP contribution in [0.4, 0.5) is 0 Å². The van der Waals surface area contributed by atoms with Gasteiger partial charge in [-0.2, -0.15) is 0 Å². The summed E-state index contributed by atoms with van der Waals surface area (Å²) in [6.07, 6.45) is 5.34. The van der Waals surface area contributed by atoms with Crippen molar-refractivity contribution in [2.45, 2.75) is 31.7 Å². The van der Waals surface area contributed by atoms with E-state index in [0.29, 0.717) is 13.2 Å². The first kappa shape index (κ1) is 14.4. The molecule has 0 aliphatic carbocycles. The third-order valence-corrected chi connectivity index (χ3v) is 3.60. The Bertz CT molecular complexity index is 167. The third kappa shape index (κ3) is 5.62. The second kappa shape index (κ2) is 9.40. The zero-order chi connectivity index (χ0) is 11.6. The van der Waals surface area contributed by atoms with Crippen LogP contribution in [0, 0.1) is 0 Å². The van der Waals surface area contributed by atoms with E-state index < -0.39 is 0 Å². The van der Waals surface area contributed by atoms with Crippen LogP contribution < -0.4 is 0 Å². The maximum atomic E-state index is 5.52. The van der Waals surface area contributed by atoms with Crippen molar-refractivity contribution < 1.29 is 9.47 Å². The fourth-order valence-electron chi connectivity index (χ4n) is 2.23. The van der Waals surface area contributed by atoms with E-state index in [1.807, 2.05) is 0 Å². The molecule has 0 spiro atoms. The minimum atomic E-state index is 0.699. The van der Waals surface area contributed by atoms with Crippen LogP contribution in [-0.2, 0) is 9.47 Å². The Kier molecular flexibility index (Phi) is 8.47. The van der Waals surface area contributed by atoms with Gasteiger partial charge in [0.25, 0.3) is 0 Å². The SMILES string of the molecule is COCCOCCN1CCCCC1CCBr. The van der Waals surface area contributed by atoms with Crippen molar-refractivity contribution in [1.82, 2.24) is 4.90 Å². The van der Waals surface area contributed by atoms with Gasteiger partial charge in [0, 0.05) is 25.0 Å². The first-order valence-corrected chi connectivity index (χ1v) is 7.37. The number of hydrogen-bond donors (Lipinski definition) is 0. The Balaban J connectivity index is 2.11. The minimum Gasteiger partial charge on any atom is -0.382 e. The van der Waals surface area contributed by atoms with Gasteiger partial charge in [-0.3, -0.25) is 4.90 Å². The van der Waals surface area contributed by atoms with Crippen molar-refractivity contribution in [1.29, 1.82) is 0 Å². The lowest BCUT2D eigenvalue weighted by molar-refractivity contribution is 0.0420. The highest BCUT2D eigenvalue weighted by Gasteiger charge is 2.20. The summed E-state index contributed by atoms with van der Waals surface area (Å²) in [6, 6.07) is 0.763. The molecule has 0 aromatic carbocycles. The van der Waals surface area contributed by atoms with Crippen LogP contribution in [0.2, 0.25) is 0 Å². The van der Waals surface area contributed by atoms with E-state index in [2.05, 4.69) is 20.8 Å². The Hall–Kier alpha value is 0.360. The van der Waals surface area contributed by atoms with E-state index in [0.717, 1.165) is 24.5 Å². The molecule has 1 aliphatic heterocycles. The van der Waals surface area contributed by atoms with Gasteiger partial charge in [0.2, 0.25) is 0 Å². The number of piperidine rings is 1. The van der Waals surface area contributed by atoms with Crippen LogP contribution in [0.5, 0.6) is 0 Å². The predicted molar refractivity (Wildman–Crippen MR) is 70.3 cm³/mol. The maximum absolute atomic E-state index is 5.52. The lowest BCUT2D eigenvalue weighted by Gasteiger charge is -2.35. The van der Waals surface area contributed by atoms with Crippen molar-refractivity contribution in [3.05, 3.63) is 0 Å². The second-order valence-electron chi connectivity index (χ2n) is 4.27. The zero-order valence-electron chi connectivity index (χ0n) is 10.3. The molecule has 1 unspecified atom stereocenters. The lowest BCUT2D eigenvalue weighted by Crippen LogP contribution is -2.41. The molecule has 0 amide bonds. The number of ether oxygens (including phenoxy) is 2. The monoisotopic (exact) mass is 293 g/mol. The molecule has 0 radical (unpaired) electrons. The molecule has 1 atom stereocenters. The standard InChI is InChI=1S/C12H24BrNO2/c1-15-10-11-16-9-8-14-7-3-2-4-12(14)5-6-13/h12H,2-11H2,1H3. The average Bonchev–Trinajstić information content (AvgIpc) is 2.31. The molecule has 0 aromatic heterocycles. The number of hydrogen-bond acceptors (Lipinski definition) is 3. The Morgan fingerprint density at radius 3 is 2.88 bits per heavy atom. The van der Waals surface area contributed by atoms with E-state index in [4.69, 9.17) is 9.47 Å². The smallest absolute Gasteiger partial charge is 0.0700 e. The van der Waals surface area contributed by atoms with Gasteiger partial charge in [-0.25, -0.2) is 0 Å². The second-order valence-corrected chi connectivity index (χ2v) is 5.06. The highest BCUT2D eigenvalue weighted by molar-refractivity contribution is 9.09. The van der Waals surface area contributed by atoms with E-state index in [1.165, 1.54) is 32.2 Å². The van der Waals surface area contributed by atoms with Crippen LogP contribution in [-0.4, -0.2) is 56.3 Å². The highest BCUT2D eigenvalue weighted by Crippen LogP contribution is 2.19. The summed E-state index contributed by atoms with van der Waals surface area (Å²) in [5.74, 6) is 0. The Morgan fingerprint density at radius 2 is 2.12 bits per heavy atom. The molecular formula is C12H24BrNO2. The van der Waals surface area contributed by atoms with E-state index in [-0.39, 0.29) is 0 Å². The number of nitrogens with zero attached hydrogens (tertiary/aromatic N) is 1. The van der Waals surface area contributed by atoms with Gasteiger partial charge in [-0.05, 0) is 25.8 Å². The van der Waals surface area contributed by atoms with Gasteiger partial charge in [0.15, 0.2) is 0 Å². The maximum Gasteiger partial charge on any atom is 0.0700 e. The summed E-state index contributed by atoms with van der Waals surface area (Å²) in [5.41, 5.74) is 0. The molecule has 1 heterocycles. The van der Waals surface area contributed by atoms with E-state index >= 15 is 0 Å². The summed E-state index contributed by atoms with van der Waals surface area (Å²) < 4.78 is 10.5. The fraction of sp³-hybridized carbons (Fsp3) is 1.00. The van der Waals surface area contributed by atoms with Crippen molar-refractivity contribution in [2.24, 2.45) is 0 Å². The molecular weight excluding hydrogens is 270 g/mol. The van der Waals surface area contributed by atoms with E-state index in [1.54, 1.807) is 7.11 Å². The van der Waals surface area contributed by atoms with Gasteiger partial charge in [0.1, 0.15) is 0 Å². The number of rotatable bonds is 8. The molecule has 0 saturated carbocycles. The van der Waals surface area contributed by atoms with Crippen LogP contribution in [0.1, 0.15) is 25.7 Å². The number of methoxy groups -OCH3 is 1. The Morgan fingerprint density at radius 1 is 1.25 bits per heavy atom. The molecule has 3 nitrogen and oxygen atoms in total. The molecule has 1 aliphatic rings. The van der Waals surface area contributed by atoms with Gasteiger partial charge < -0.3 is 9.47 Å². The molecule has 0 N–H and O–H groups in total.